The second-order valence-electron chi connectivity index (χ2n) is 7.25. The van der Waals surface area contributed by atoms with Gasteiger partial charge in [-0.05, 0) is 62.5 Å². The standard InChI is InChI=1S/C19H24BBrO3/c1-18(2)19(3,4)24-20(23-18)16-8-6-15-13-17(22-11-5-10-21)9-7-14(15)12-16/h6-9,12-13H,5,10-11H2,1-4H3. The Hall–Kier alpha value is -1.04. The first-order valence-electron chi connectivity index (χ1n) is 8.40. The van der Waals surface area contributed by atoms with Gasteiger partial charge in [-0.1, -0.05) is 40.2 Å². The molecule has 0 spiro atoms. The fourth-order valence-corrected chi connectivity index (χ4v) is 2.93. The summed E-state index contributed by atoms with van der Waals surface area (Å²) in [4.78, 5) is 0. The molecule has 0 atom stereocenters. The summed E-state index contributed by atoms with van der Waals surface area (Å²) in [5.74, 6) is 0.909. The van der Waals surface area contributed by atoms with Crippen molar-refractivity contribution in [2.24, 2.45) is 0 Å². The lowest BCUT2D eigenvalue weighted by Gasteiger charge is -2.32. The normalized spacial score (nSPS) is 19.0. The summed E-state index contributed by atoms with van der Waals surface area (Å²) in [5, 5.41) is 3.28. The Labute approximate surface area is 152 Å². The van der Waals surface area contributed by atoms with Crippen LogP contribution < -0.4 is 10.2 Å². The van der Waals surface area contributed by atoms with E-state index in [0.29, 0.717) is 0 Å². The first-order chi connectivity index (χ1) is 11.3. The molecule has 1 fully saturated rings. The van der Waals surface area contributed by atoms with Gasteiger partial charge >= 0.3 is 7.12 Å². The average Bonchev–Trinajstić information content (AvgIpc) is 2.75. The summed E-state index contributed by atoms with van der Waals surface area (Å²) in [6.07, 6.45) is 0.999. The van der Waals surface area contributed by atoms with Gasteiger partial charge in [-0.2, -0.15) is 0 Å². The number of benzene rings is 2. The Morgan fingerprint density at radius 1 is 0.958 bits per heavy atom. The van der Waals surface area contributed by atoms with Gasteiger partial charge < -0.3 is 14.0 Å². The molecule has 0 N–H and O–H groups in total. The number of rotatable bonds is 5. The van der Waals surface area contributed by atoms with Gasteiger partial charge in [0, 0.05) is 5.33 Å². The second kappa shape index (κ2) is 6.70. The van der Waals surface area contributed by atoms with Crippen molar-refractivity contribution < 1.29 is 14.0 Å². The van der Waals surface area contributed by atoms with E-state index in [2.05, 4.69) is 74.0 Å². The molecule has 1 heterocycles. The van der Waals surface area contributed by atoms with E-state index in [1.54, 1.807) is 0 Å². The molecule has 5 heteroatoms. The minimum atomic E-state index is -0.325. The van der Waals surface area contributed by atoms with E-state index in [-0.39, 0.29) is 18.3 Å². The van der Waals surface area contributed by atoms with Crippen molar-refractivity contribution in [2.45, 2.75) is 45.3 Å². The van der Waals surface area contributed by atoms with Crippen LogP contribution in [-0.2, 0) is 9.31 Å². The van der Waals surface area contributed by atoms with Gasteiger partial charge in [0.05, 0.1) is 17.8 Å². The Morgan fingerprint density at radius 3 is 2.25 bits per heavy atom. The number of alkyl halides is 1. The monoisotopic (exact) mass is 390 g/mol. The number of halogens is 1. The van der Waals surface area contributed by atoms with Crippen LogP contribution in [0.4, 0.5) is 0 Å². The molecule has 0 bridgehead atoms. The van der Waals surface area contributed by atoms with E-state index in [1.165, 1.54) is 0 Å². The molecule has 2 aromatic carbocycles. The van der Waals surface area contributed by atoms with E-state index in [4.69, 9.17) is 14.0 Å². The van der Waals surface area contributed by atoms with Crippen LogP contribution in [0.3, 0.4) is 0 Å². The smallest absolute Gasteiger partial charge is 0.494 e. The maximum atomic E-state index is 6.14. The van der Waals surface area contributed by atoms with Crippen LogP contribution in [0.1, 0.15) is 34.1 Å². The first-order valence-corrected chi connectivity index (χ1v) is 9.53. The molecule has 0 saturated carbocycles. The molecule has 0 unspecified atom stereocenters. The maximum Gasteiger partial charge on any atom is 0.494 e. The first kappa shape index (κ1) is 17.8. The molecule has 0 aromatic heterocycles. The van der Waals surface area contributed by atoms with Crippen molar-refractivity contribution in [1.82, 2.24) is 0 Å². The van der Waals surface area contributed by atoms with Gasteiger partial charge in [-0.15, -0.1) is 0 Å². The van der Waals surface area contributed by atoms with Crippen molar-refractivity contribution >= 4 is 39.3 Å². The summed E-state index contributed by atoms with van der Waals surface area (Å²) in [6.45, 7) is 9.02. The van der Waals surface area contributed by atoms with E-state index in [0.717, 1.165) is 40.3 Å². The average molecular weight is 391 g/mol. The largest absolute Gasteiger partial charge is 0.494 e. The number of hydrogen-bond acceptors (Lipinski definition) is 3. The van der Waals surface area contributed by atoms with Crippen molar-refractivity contribution in [3.8, 4) is 5.75 Å². The van der Waals surface area contributed by atoms with Gasteiger partial charge in [-0.3, -0.25) is 0 Å². The molecular formula is C19H24BBrO3. The van der Waals surface area contributed by atoms with Crippen LogP contribution in [0.25, 0.3) is 10.8 Å². The lowest BCUT2D eigenvalue weighted by Crippen LogP contribution is -2.41. The molecule has 24 heavy (non-hydrogen) atoms. The highest BCUT2D eigenvalue weighted by Gasteiger charge is 2.51. The third-order valence-electron chi connectivity index (χ3n) is 4.91. The highest BCUT2D eigenvalue weighted by atomic mass is 79.9. The third kappa shape index (κ3) is 3.49. The van der Waals surface area contributed by atoms with Crippen LogP contribution in [-0.4, -0.2) is 30.3 Å². The maximum absolute atomic E-state index is 6.14. The molecule has 0 radical (unpaired) electrons. The Morgan fingerprint density at radius 2 is 1.58 bits per heavy atom. The molecule has 128 valence electrons. The van der Waals surface area contributed by atoms with E-state index < -0.39 is 0 Å². The summed E-state index contributed by atoms with van der Waals surface area (Å²) in [5.41, 5.74) is 0.411. The number of ether oxygens (including phenoxy) is 1. The number of fused-ring (bicyclic) bond motifs is 1. The minimum absolute atomic E-state index is 0.320. The minimum Gasteiger partial charge on any atom is -0.494 e. The fraction of sp³-hybridized carbons (Fsp3) is 0.474. The summed E-state index contributed by atoms with van der Waals surface area (Å²) in [7, 11) is -0.325. The Balaban J connectivity index is 1.81. The zero-order valence-corrected chi connectivity index (χ0v) is 16.4. The number of hydrogen-bond donors (Lipinski definition) is 0. The highest BCUT2D eigenvalue weighted by Crippen LogP contribution is 2.36. The zero-order chi connectivity index (χ0) is 17.4. The SMILES string of the molecule is CC1(C)OB(c2ccc3cc(OCCCBr)ccc3c2)OC1(C)C. The van der Waals surface area contributed by atoms with Gasteiger partial charge in [-0.25, -0.2) is 0 Å². The molecule has 3 rings (SSSR count). The fourth-order valence-electron chi connectivity index (χ4n) is 2.70. The lowest BCUT2D eigenvalue weighted by molar-refractivity contribution is 0.00578. The molecule has 1 aliphatic heterocycles. The highest BCUT2D eigenvalue weighted by molar-refractivity contribution is 9.09. The Bertz CT molecular complexity index is 714. The predicted octanol–water partition coefficient (Wildman–Crippen LogP) is 4.30. The van der Waals surface area contributed by atoms with Crippen molar-refractivity contribution in [2.75, 3.05) is 11.9 Å². The van der Waals surface area contributed by atoms with Crippen LogP contribution in [0.5, 0.6) is 5.75 Å². The topological polar surface area (TPSA) is 27.7 Å². The molecular weight excluding hydrogens is 367 g/mol. The van der Waals surface area contributed by atoms with Crippen LogP contribution in [0.15, 0.2) is 36.4 Å². The van der Waals surface area contributed by atoms with Gasteiger partial charge in [0.15, 0.2) is 0 Å². The van der Waals surface area contributed by atoms with Gasteiger partial charge in [0.1, 0.15) is 5.75 Å². The van der Waals surface area contributed by atoms with E-state index >= 15 is 0 Å². The molecule has 0 aliphatic carbocycles. The second-order valence-corrected chi connectivity index (χ2v) is 8.04. The summed E-state index contributed by atoms with van der Waals surface area (Å²) >= 11 is 3.42. The van der Waals surface area contributed by atoms with Gasteiger partial charge in [0.25, 0.3) is 0 Å². The molecule has 1 saturated heterocycles. The van der Waals surface area contributed by atoms with Crippen molar-refractivity contribution in [3.05, 3.63) is 36.4 Å². The van der Waals surface area contributed by atoms with E-state index in [9.17, 15) is 0 Å². The van der Waals surface area contributed by atoms with Crippen LogP contribution >= 0.6 is 15.9 Å². The lowest BCUT2D eigenvalue weighted by atomic mass is 9.78. The van der Waals surface area contributed by atoms with Crippen molar-refractivity contribution in [3.63, 3.8) is 0 Å². The molecule has 0 amide bonds. The van der Waals surface area contributed by atoms with Crippen LogP contribution in [0.2, 0.25) is 0 Å². The molecule has 2 aromatic rings. The molecule has 3 nitrogen and oxygen atoms in total. The Kier molecular flexibility index (Phi) is 4.96. The zero-order valence-electron chi connectivity index (χ0n) is 14.8. The van der Waals surface area contributed by atoms with Crippen molar-refractivity contribution in [1.29, 1.82) is 0 Å². The molecule has 1 aliphatic rings. The van der Waals surface area contributed by atoms with Gasteiger partial charge in [0.2, 0.25) is 0 Å². The quantitative estimate of drug-likeness (QED) is 0.432. The van der Waals surface area contributed by atoms with E-state index in [1.807, 2.05) is 6.07 Å². The van der Waals surface area contributed by atoms with Crippen LogP contribution in [0, 0.1) is 0 Å². The summed E-state index contributed by atoms with van der Waals surface area (Å²) < 4.78 is 18.0. The third-order valence-corrected chi connectivity index (χ3v) is 5.47. The predicted molar refractivity (Wildman–Crippen MR) is 104 cm³/mol. The summed E-state index contributed by atoms with van der Waals surface area (Å²) in [6, 6.07) is 12.5.